The summed E-state index contributed by atoms with van der Waals surface area (Å²) in [5.41, 5.74) is 8.12. The first-order valence-corrected chi connectivity index (χ1v) is 6.50. The summed E-state index contributed by atoms with van der Waals surface area (Å²) in [4.78, 5) is 20.5. The summed E-state index contributed by atoms with van der Waals surface area (Å²) in [6, 6.07) is 7.44. The van der Waals surface area contributed by atoms with Crippen molar-refractivity contribution < 1.29 is 9.63 Å². The van der Waals surface area contributed by atoms with E-state index >= 15 is 0 Å². The highest BCUT2D eigenvalue weighted by Gasteiger charge is 2.25. The molecule has 1 aliphatic rings. The third-order valence-corrected chi connectivity index (χ3v) is 3.43. The highest BCUT2D eigenvalue weighted by atomic mass is 16.7. The lowest BCUT2D eigenvalue weighted by Crippen LogP contribution is -2.43. The van der Waals surface area contributed by atoms with Gasteiger partial charge in [0.05, 0.1) is 19.2 Å². The predicted octanol–water partition coefficient (Wildman–Crippen LogP) is 1.20. The second kappa shape index (κ2) is 5.03. The van der Waals surface area contributed by atoms with Gasteiger partial charge in [-0.2, -0.15) is 0 Å². The molecule has 3 rings (SSSR count). The Bertz CT molecular complexity index is 587. The summed E-state index contributed by atoms with van der Waals surface area (Å²) < 4.78 is 0. The molecule has 3 N–H and O–H groups in total. The van der Waals surface area contributed by atoms with Gasteiger partial charge in [0.15, 0.2) is 0 Å². The van der Waals surface area contributed by atoms with Gasteiger partial charge in [-0.15, -0.1) is 0 Å². The van der Waals surface area contributed by atoms with Gasteiger partial charge >= 0.3 is 0 Å². The first-order chi connectivity index (χ1) is 9.25. The van der Waals surface area contributed by atoms with Gasteiger partial charge in [-0.05, 0) is 24.5 Å². The summed E-state index contributed by atoms with van der Waals surface area (Å²) in [7, 11) is 0. The van der Waals surface area contributed by atoms with Crippen molar-refractivity contribution in [3.63, 3.8) is 0 Å². The number of nitrogens with zero attached hydrogens (tertiary/aromatic N) is 1. The van der Waals surface area contributed by atoms with Crippen molar-refractivity contribution >= 4 is 16.8 Å². The van der Waals surface area contributed by atoms with Crippen LogP contribution >= 0.6 is 0 Å². The van der Waals surface area contributed by atoms with Gasteiger partial charge in [0.25, 0.3) is 5.91 Å². The van der Waals surface area contributed by atoms with Crippen molar-refractivity contribution in [2.24, 2.45) is 5.73 Å². The van der Waals surface area contributed by atoms with Crippen molar-refractivity contribution in [1.29, 1.82) is 0 Å². The number of amides is 1. The normalized spacial score (nSPS) is 17.0. The molecule has 1 atom stereocenters. The molecule has 1 fully saturated rings. The topological polar surface area (TPSA) is 71.4 Å². The molecule has 1 saturated heterocycles. The van der Waals surface area contributed by atoms with E-state index in [2.05, 4.69) is 4.98 Å². The van der Waals surface area contributed by atoms with Crippen LogP contribution in [0.4, 0.5) is 0 Å². The van der Waals surface area contributed by atoms with Gasteiger partial charge in [0.1, 0.15) is 0 Å². The molecule has 1 aromatic heterocycles. The Hall–Kier alpha value is -1.85. The van der Waals surface area contributed by atoms with Crippen LogP contribution in [0, 0.1) is 0 Å². The molecule has 0 radical (unpaired) electrons. The van der Waals surface area contributed by atoms with Gasteiger partial charge in [0.2, 0.25) is 0 Å². The minimum absolute atomic E-state index is 0.136. The molecule has 0 spiro atoms. The van der Waals surface area contributed by atoms with E-state index in [0.29, 0.717) is 19.6 Å². The largest absolute Gasteiger partial charge is 0.361 e. The van der Waals surface area contributed by atoms with Crippen LogP contribution in [0.25, 0.3) is 10.9 Å². The molecule has 2 aromatic rings. The maximum absolute atomic E-state index is 12.1. The molecule has 2 heterocycles. The van der Waals surface area contributed by atoms with Gasteiger partial charge in [0, 0.05) is 17.1 Å². The third-order valence-electron chi connectivity index (χ3n) is 3.43. The fourth-order valence-electron chi connectivity index (χ4n) is 2.43. The van der Waals surface area contributed by atoms with E-state index < -0.39 is 6.04 Å². The van der Waals surface area contributed by atoms with Crippen LogP contribution in [0.3, 0.4) is 0 Å². The van der Waals surface area contributed by atoms with Crippen molar-refractivity contribution in [3.05, 3.63) is 36.0 Å². The molecule has 100 valence electrons. The number of hydrogen-bond donors (Lipinski definition) is 2. The first kappa shape index (κ1) is 12.2. The number of benzene rings is 1. The molecule has 0 unspecified atom stereocenters. The molecule has 1 aliphatic heterocycles. The van der Waals surface area contributed by atoms with Crippen molar-refractivity contribution in [3.8, 4) is 0 Å². The Morgan fingerprint density at radius 3 is 3.11 bits per heavy atom. The minimum Gasteiger partial charge on any atom is -0.361 e. The van der Waals surface area contributed by atoms with Crippen molar-refractivity contribution in [1.82, 2.24) is 10.0 Å². The number of fused-ring (bicyclic) bond motifs is 1. The smallest absolute Gasteiger partial charge is 0.263 e. The van der Waals surface area contributed by atoms with Crippen LogP contribution in [-0.4, -0.2) is 35.1 Å². The molecule has 0 saturated carbocycles. The predicted molar refractivity (Wildman–Crippen MR) is 72.3 cm³/mol. The average molecular weight is 259 g/mol. The molecule has 1 amide bonds. The Morgan fingerprint density at radius 2 is 2.32 bits per heavy atom. The van der Waals surface area contributed by atoms with Crippen LogP contribution in [0.1, 0.15) is 12.0 Å². The number of carbonyl (C=O) groups excluding carboxylic acids is 1. The van der Waals surface area contributed by atoms with Crippen molar-refractivity contribution in [2.75, 3.05) is 13.2 Å². The highest BCUT2D eigenvalue weighted by Crippen LogP contribution is 2.19. The summed E-state index contributed by atoms with van der Waals surface area (Å²) in [6.45, 7) is 1.24. The number of aromatic nitrogens is 1. The summed E-state index contributed by atoms with van der Waals surface area (Å²) in [6.07, 6.45) is 3.32. The Balaban J connectivity index is 1.75. The Kier molecular flexibility index (Phi) is 3.23. The van der Waals surface area contributed by atoms with Crippen LogP contribution in [0.2, 0.25) is 0 Å². The highest BCUT2D eigenvalue weighted by molar-refractivity contribution is 5.85. The summed E-state index contributed by atoms with van der Waals surface area (Å²) in [5, 5.41) is 2.51. The summed E-state index contributed by atoms with van der Waals surface area (Å²) >= 11 is 0. The van der Waals surface area contributed by atoms with E-state index in [1.54, 1.807) is 0 Å². The number of hydrogen-bond acceptors (Lipinski definition) is 3. The molecule has 1 aromatic carbocycles. The van der Waals surface area contributed by atoms with E-state index in [0.717, 1.165) is 22.9 Å². The van der Waals surface area contributed by atoms with Crippen LogP contribution in [0.15, 0.2) is 30.5 Å². The maximum Gasteiger partial charge on any atom is 0.263 e. The van der Waals surface area contributed by atoms with Gasteiger partial charge in [-0.3, -0.25) is 9.63 Å². The first-order valence-electron chi connectivity index (χ1n) is 6.50. The Morgan fingerprint density at radius 1 is 1.47 bits per heavy atom. The number of hydroxylamine groups is 2. The van der Waals surface area contributed by atoms with Crippen LogP contribution in [-0.2, 0) is 16.1 Å². The fourth-order valence-corrected chi connectivity index (χ4v) is 2.43. The number of nitrogens with one attached hydrogen (secondary N) is 1. The van der Waals surface area contributed by atoms with E-state index in [-0.39, 0.29) is 5.91 Å². The molecular weight excluding hydrogens is 242 g/mol. The zero-order chi connectivity index (χ0) is 13.2. The SMILES string of the molecule is N[C@@H](Cc1c[nH]c2ccccc12)C(=O)N1CCCO1. The number of para-hydroxylation sites is 1. The van der Waals surface area contributed by atoms with Crippen LogP contribution < -0.4 is 5.73 Å². The van der Waals surface area contributed by atoms with Gasteiger partial charge in [-0.1, -0.05) is 18.2 Å². The Labute approximate surface area is 111 Å². The summed E-state index contributed by atoms with van der Waals surface area (Å²) in [5.74, 6) is -0.136. The van der Waals surface area contributed by atoms with E-state index in [1.165, 1.54) is 5.06 Å². The monoisotopic (exact) mass is 259 g/mol. The molecule has 5 heteroatoms. The van der Waals surface area contributed by atoms with Gasteiger partial charge < -0.3 is 10.7 Å². The lowest BCUT2D eigenvalue weighted by Gasteiger charge is -2.18. The molecule has 5 nitrogen and oxygen atoms in total. The number of nitrogens with two attached hydrogens (primary N) is 1. The maximum atomic E-state index is 12.1. The van der Waals surface area contributed by atoms with E-state index in [9.17, 15) is 4.79 Å². The number of H-pyrrole nitrogens is 1. The zero-order valence-corrected chi connectivity index (χ0v) is 10.6. The lowest BCUT2D eigenvalue weighted by atomic mass is 10.1. The molecule has 0 bridgehead atoms. The average Bonchev–Trinajstić information content (AvgIpc) is 3.08. The van der Waals surface area contributed by atoms with Gasteiger partial charge in [-0.25, -0.2) is 5.06 Å². The molecular formula is C14H17N3O2. The number of carbonyl (C=O) groups is 1. The molecule has 19 heavy (non-hydrogen) atoms. The standard InChI is InChI=1S/C14H17N3O2/c15-12(14(18)17-6-3-7-19-17)8-10-9-16-13-5-2-1-4-11(10)13/h1-2,4-5,9,12,16H,3,6-8,15H2/t12-/m0/s1. The minimum atomic E-state index is -0.558. The van der Waals surface area contributed by atoms with E-state index in [1.807, 2.05) is 30.5 Å². The second-order valence-electron chi connectivity index (χ2n) is 4.80. The van der Waals surface area contributed by atoms with E-state index in [4.69, 9.17) is 10.6 Å². The third kappa shape index (κ3) is 2.34. The quantitative estimate of drug-likeness (QED) is 0.870. The van der Waals surface area contributed by atoms with Crippen LogP contribution in [0.5, 0.6) is 0 Å². The fraction of sp³-hybridized carbons (Fsp3) is 0.357. The number of aromatic amines is 1. The molecule has 0 aliphatic carbocycles. The lowest BCUT2D eigenvalue weighted by molar-refractivity contribution is -0.170. The zero-order valence-electron chi connectivity index (χ0n) is 10.6. The number of rotatable bonds is 3. The van der Waals surface area contributed by atoms with Crippen molar-refractivity contribution in [2.45, 2.75) is 18.9 Å². The second-order valence-corrected chi connectivity index (χ2v) is 4.80.